The Balaban J connectivity index is 1.93. The van der Waals surface area contributed by atoms with Crippen LogP contribution in [0.3, 0.4) is 0 Å². The van der Waals surface area contributed by atoms with Gasteiger partial charge in [0.25, 0.3) is 0 Å². The van der Waals surface area contributed by atoms with E-state index in [2.05, 4.69) is 49.5 Å². The smallest absolute Gasteiger partial charge is 0.0991 e. The Kier molecular flexibility index (Phi) is 4.92. The van der Waals surface area contributed by atoms with Gasteiger partial charge in [-0.3, -0.25) is 0 Å². The maximum absolute atomic E-state index is 8.80. The monoisotopic (exact) mass is 264 g/mol. The van der Waals surface area contributed by atoms with Crippen molar-refractivity contribution in [2.45, 2.75) is 32.9 Å². The van der Waals surface area contributed by atoms with Crippen molar-refractivity contribution < 1.29 is 0 Å². The summed E-state index contributed by atoms with van der Waals surface area (Å²) < 4.78 is 0. The summed E-state index contributed by atoms with van der Waals surface area (Å²) in [5.74, 6) is 0. The third kappa shape index (κ3) is 3.69. The van der Waals surface area contributed by atoms with E-state index in [1.54, 1.807) is 0 Å². The van der Waals surface area contributed by atoms with E-state index in [-0.39, 0.29) is 6.04 Å². The molecule has 2 aromatic carbocycles. The molecule has 0 amide bonds. The summed E-state index contributed by atoms with van der Waals surface area (Å²) in [4.78, 5) is 0. The topological polar surface area (TPSA) is 35.8 Å². The van der Waals surface area contributed by atoms with Crippen molar-refractivity contribution in [3.05, 3.63) is 70.8 Å². The van der Waals surface area contributed by atoms with Crippen molar-refractivity contribution in [1.82, 2.24) is 5.32 Å². The molecule has 0 radical (unpaired) electrons. The molecule has 0 spiro atoms. The maximum atomic E-state index is 8.80. The van der Waals surface area contributed by atoms with Crippen LogP contribution in [0.2, 0.25) is 0 Å². The van der Waals surface area contributed by atoms with Crippen LogP contribution in [-0.4, -0.2) is 0 Å². The SMILES string of the molecule is CCc1ccc(CNC(C)c2ccc(C#N)cc2)cc1. The number of hydrogen-bond donors (Lipinski definition) is 1. The molecule has 0 aliphatic carbocycles. The molecule has 2 rings (SSSR count). The molecule has 1 atom stereocenters. The van der Waals surface area contributed by atoms with Crippen molar-refractivity contribution in [3.8, 4) is 6.07 Å². The van der Waals surface area contributed by atoms with E-state index in [4.69, 9.17) is 5.26 Å². The highest BCUT2D eigenvalue weighted by molar-refractivity contribution is 5.32. The summed E-state index contributed by atoms with van der Waals surface area (Å²) in [6, 6.07) is 18.9. The lowest BCUT2D eigenvalue weighted by molar-refractivity contribution is 0.574. The van der Waals surface area contributed by atoms with Gasteiger partial charge in [-0.2, -0.15) is 5.26 Å². The van der Waals surface area contributed by atoms with Crippen LogP contribution in [0.1, 0.15) is 42.1 Å². The zero-order valence-corrected chi connectivity index (χ0v) is 12.1. The fraction of sp³-hybridized carbons (Fsp3) is 0.278. The van der Waals surface area contributed by atoms with Crippen LogP contribution in [0.4, 0.5) is 0 Å². The van der Waals surface area contributed by atoms with Crippen molar-refractivity contribution in [1.29, 1.82) is 5.26 Å². The zero-order chi connectivity index (χ0) is 14.4. The third-order valence-electron chi connectivity index (χ3n) is 3.58. The van der Waals surface area contributed by atoms with Crippen LogP contribution < -0.4 is 5.32 Å². The van der Waals surface area contributed by atoms with E-state index < -0.39 is 0 Å². The molecule has 20 heavy (non-hydrogen) atoms. The average Bonchev–Trinajstić information content (AvgIpc) is 2.53. The molecule has 0 bridgehead atoms. The van der Waals surface area contributed by atoms with Crippen LogP contribution in [0, 0.1) is 11.3 Å². The maximum Gasteiger partial charge on any atom is 0.0991 e. The first-order valence-electron chi connectivity index (χ1n) is 7.04. The summed E-state index contributed by atoms with van der Waals surface area (Å²) >= 11 is 0. The first kappa shape index (κ1) is 14.3. The fourth-order valence-corrected chi connectivity index (χ4v) is 2.13. The van der Waals surface area contributed by atoms with Crippen molar-refractivity contribution >= 4 is 0 Å². The third-order valence-corrected chi connectivity index (χ3v) is 3.58. The van der Waals surface area contributed by atoms with Crippen LogP contribution in [0.25, 0.3) is 0 Å². The molecule has 2 nitrogen and oxygen atoms in total. The van der Waals surface area contributed by atoms with Gasteiger partial charge in [0.1, 0.15) is 0 Å². The van der Waals surface area contributed by atoms with Crippen molar-refractivity contribution in [2.75, 3.05) is 0 Å². The largest absolute Gasteiger partial charge is 0.306 e. The Hall–Kier alpha value is -2.11. The molecular weight excluding hydrogens is 244 g/mol. The van der Waals surface area contributed by atoms with Crippen LogP contribution in [0.5, 0.6) is 0 Å². The van der Waals surface area contributed by atoms with E-state index in [0.717, 1.165) is 13.0 Å². The standard InChI is InChI=1S/C18H20N2/c1-3-15-4-6-17(7-5-15)13-20-14(2)18-10-8-16(12-19)9-11-18/h4-11,14,20H,3,13H2,1-2H3. The van der Waals surface area contributed by atoms with Gasteiger partial charge in [-0.1, -0.05) is 43.3 Å². The molecule has 0 fully saturated rings. The number of nitrogens with zero attached hydrogens (tertiary/aromatic N) is 1. The van der Waals surface area contributed by atoms with E-state index >= 15 is 0 Å². The normalized spacial score (nSPS) is 11.8. The molecule has 0 aromatic heterocycles. The summed E-state index contributed by atoms with van der Waals surface area (Å²) in [5.41, 5.74) is 4.57. The lowest BCUT2D eigenvalue weighted by Gasteiger charge is -2.14. The van der Waals surface area contributed by atoms with E-state index in [1.807, 2.05) is 24.3 Å². The Morgan fingerprint density at radius 3 is 2.15 bits per heavy atom. The Morgan fingerprint density at radius 1 is 1.00 bits per heavy atom. The first-order chi connectivity index (χ1) is 9.72. The zero-order valence-electron chi connectivity index (χ0n) is 12.1. The first-order valence-corrected chi connectivity index (χ1v) is 7.04. The van der Waals surface area contributed by atoms with Crippen LogP contribution in [-0.2, 0) is 13.0 Å². The number of benzene rings is 2. The molecule has 0 aliphatic rings. The number of hydrogen-bond acceptors (Lipinski definition) is 2. The van der Waals surface area contributed by atoms with E-state index in [1.165, 1.54) is 16.7 Å². The molecule has 2 aromatic rings. The predicted molar refractivity (Wildman–Crippen MR) is 82.2 cm³/mol. The molecule has 0 aliphatic heterocycles. The molecule has 0 saturated heterocycles. The number of nitrogens with one attached hydrogen (secondary N) is 1. The Morgan fingerprint density at radius 2 is 1.60 bits per heavy atom. The van der Waals surface area contributed by atoms with Gasteiger partial charge in [0.2, 0.25) is 0 Å². The predicted octanol–water partition coefficient (Wildman–Crippen LogP) is 3.97. The molecule has 0 heterocycles. The molecule has 2 heteroatoms. The summed E-state index contributed by atoms with van der Waals surface area (Å²) in [6.45, 7) is 5.16. The van der Waals surface area contributed by atoms with Gasteiger partial charge in [-0.05, 0) is 42.2 Å². The molecule has 1 unspecified atom stereocenters. The average molecular weight is 264 g/mol. The van der Waals surface area contributed by atoms with Gasteiger partial charge in [0.15, 0.2) is 0 Å². The Bertz CT molecular complexity index is 576. The van der Waals surface area contributed by atoms with Crippen LogP contribution in [0.15, 0.2) is 48.5 Å². The quantitative estimate of drug-likeness (QED) is 0.887. The highest BCUT2D eigenvalue weighted by Gasteiger charge is 2.04. The highest BCUT2D eigenvalue weighted by atomic mass is 14.9. The molecule has 0 saturated carbocycles. The second kappa shape index (κ2) is 6.88. The number of aryl methyl sites for hydroxylation is 1. The number of nitriles is 1. The fourth-order valence-electron chi connectivity index (χ4n) is 2.13. The van der Waals surface area contributed by atoms with Crippen molar-refractivity contribution in [3.63, 3.8) is 0 Å². The summed E-state index contributed by atoms with van der Waals surface area (Å²) in [5, 5.41) is 12.3. The minimum absolute atomic E-state index is 0.272. The minimum atomic E-state index is 0.272. The molecule has 102 valence electrons. The lowest BCUT2D eigenvalue weighted by Crippen LogP contribution is -2.18. The van der Waals surface area contributed by atoms with Crippen molar-refractivity contribution in [2.24, 2.45) is 0 Å². The van der Waals surface area contributed by atoms with E-state index in [9.17, 15) is 0 Å². The van der Waals surface area contributed by atoms with Gasteiger partial charge in [-0.15, -0.1) is 0 Å². The van der Waals surface area contributed by atoms with Gasteiger partial charge < -0.3 is 5.32 Å². The summed E-state index contributed by atoms with van der Waals surface area (Å²) in [7, 11) is 0. The second-order valence-corrected chi connectivity index (χ2v) is 5.01. The van der Waals surface area contributed by atoms with Gasteiger partial charge in [-0.25, -0.2) is 0 Å². The van der Waals surface area contributed by atoms with E-state index in [0.29, 0.717) is 5.56 Å². The molecule has 1 N–H and O–H groups in total. The summed E-state index contributed by atoms with van der Waals surface area (Å²) in [6.07, 6.45) is 1.08. The second-order valence-electron chi connectivity index (χ2n) is 5.01. The molecular formula is C18H20N2. The van der Waals surface area contributed by atoms with Gasteiger partial charge >= 0.3 is 0 Å². The van der Waals surface area contributed by atoms with Gasteiger partial charge in [0.05, 0.1) is 11.6 Å². The lowest BCUT2D eigenvalue weighted by atomic mass is 10.1. The highest BCUT2D eigenvalue weighted by Crippen LogP contribution is 2.14. The van der Waals surface area contributed by atoms with Crippen LogP contribution >= 0.6 is 0 Å². The minimum Gasteiger partial charge on any atom is -0.306 e. The Labute approximate surface area is 121 Å². The number of rotatable bonds is 5. The van der Waals surface area contributed by atoms with Gasteiger partial charge in [0, 0.05) is 12.6 Å².